The maximum Gasteiger partial charge on any atom is 0.273 e. The lowest BCUT2D eigenvalue weighted by Crippen LogP contribution is -2.36. The van der Waals surface area contributed by atoms with Crippen molar-refractivity contribution in [3.8, 4) is 11.5 Å². The number of nitrogens with zero attached hydrogens (tertiary/aromatic N) is 1. The molecule has 112 valence electrons. The van der Waals surface area contributed by atoms with Gasteiger partial charge < -0.3 is 14.8 Å². The smallest absolute Gasteiger partial charge is 0.273 e. The van der Waals surface area contributed by atoms with E-state index in [1.165, 1.54) is 19.2 Å². The van der Waals surface area contributed by atoms with Gasteiger partial charge in [-0.15, -0.1) is 0 Å². The number of rotatable bonds is 7. The minimum absolute atomic E-state index is 0.00591. The van der Waals surface area contributed by atoms with E-state index < -0.39 is 4.92 Å². The van der Waals surface area contributed by atoms with Gasteiger partial charge in [0, 0.05) is 11.6 Å². The summed E-state index contributed by atoms with van der Waals surface area (Å²) in [4.78, 5) is 10.3. The lowest BCUT2D eigenvalue weighted by Gasteiger charge is -2.20. The van der Waals surface area contributed by atoms with Gasteiger partial charge in [-0.05, 0) is 39.8 Å². The molecule has 0 fully saturated rings. The molecule has 1 aromatic carbocycles. The number of non-ortho nitro benzene ring substituents is 1. The van der Waals surface area contributed by atoms with Gasteiger partial charge in [0.15, 0.2) is 11.5 Å². The van der Waals surface area contributed by atoms with Crippen LogP contribution in [0.5, 0.6) is 11.5 Å². The van der Waals surface area contributed by atoms with Crippen molar-refractivity contribution in [1.82, 2.24) is 5.32 Å². The fourth-order valence-corrected chi connectivity index (χ4v) is 1.61. The first-order valence-electron chi connectivity index (χ1n) is 6.54. The Morgan fingerprint density at radius 2 is 2.00 bits per heavy atom. The molecule has 6 heteroatoms. The van der Waals surface area contributed by atoms with Crippen molar-refractivity contribution in [2.24, 2.45) is 0 Å². The Morgan fingerprint density at radius 1 is 1.30 bits per heavy atom. The molecule has 20 heavy (non-hydrogen) atoms. The first-order chi connectivity index (χ1) is 9.33. The Balaban J connectivity index is 2.53. The zero-order valence-corrected chi connectivity index (χ0v) is 12.4. The summed E-state index contributed by atoms with van der Waals surface area (Å²) >= 11 is 0. The van der Waals surface area contributed by atoms with Gasteiger partial charge in [0.1, 0.15) is 0 Å². The van der Waals surface area contributed by atoms with Gasteiger partial charge in [-0.3, -0.25) is 10.1 Å². The standard InChI is InChI=1S/C14H22N2O4/c1-14(2,3)15-8-5-9-20-13-10-11(16(17)18)6-7-12(13)19-4/h6-7,10,15H,5,8-9H2,1-4H3. The topological polar surface area (TPSA) is 73.6 Å². The first kappa shape index (κ1) is 16.2. The quantitative estimate of drug-likeness (QED) is 0.473. The summed E-state index contributed by atoms with van der Waals surface area (Å²) in [6.45, 7) is 7.58. The second kappa shape index (κ2) is 7.09. The fraction of sp³-hybridized carbons (Fsp3) is 0.571. The molecule has 0 atom stereocenters. The summed E-state index contributed by atoms with van der Waals surface area (Å²) in [6, 6.07) is 4.32. The maximum atomic E-state index is 10.7. The molecule has 0 unspecified atom stereocenters. The van der Waals surface area contributed by atoms with Crippen LogP contribution in [-0.4, -0.2) is 30.7 Å². The molecule has 0 spiro atoms. The van der Waals surface area contributed by atoms with Gasteiger partial charge in [-0.2, -0.15) is 0 Å². The highest BCUT2D eigenvalue weighted by Gasteiger charge is 2.12. The van der Waals surface area contributed by atoms with Crippen molar-refractivity contribution in [3.63, 3.8) is 0 Å². The molecule has 0 amide bonds. The van der Waals surface area contributed by atoms with E-state index in [-0.39, 0.29) is 11.2 Å². The average Bonchev–Trinajstić information content (AvgIpc) is 2.36. The Labute approximate surface area is 119 Å². The number of methoxy groups -OCH3 is 1. The molecule has 0 heterocycles. The molecule has 0 aliphatic carbocycles. The van der Waals surface area contributed by atoms with E-state index in [0.717, 1.165) is 13.0 Å². The number of nitro groups is 1. The van der Waals surface area contributed by atoms with E-state index in [4.69, 9.17) is 9.47 Å². The van der Waals surface area contributed by atoms with Crippen LogP contribution in [0.3, 0.4) is 0 Å². The molecule has 1 aromatic rings. The Kier molecular flexibility index (Phi) is 5.76. The minimum Gasteiger partial charge on any atom is -0.493 e. The van der Waals surface area contributed by atoms with Gasteiger partial charge in [-0.25, -0.2) is 0 Å². The molecule has 0 aliphatic heterocycles. The normalized spacial score (nSPS) is 11.2. The second-order valence-corrected chi connectivity index (χ2v) is 5.47. The van der Waals surface area contributed by atoms with Gasteiger partial charge in [-0.1, -0.05) is 0 Å². The van der Waals surface area contributed by atoms with Crippen molar-refractivity contribution in [1.29, 1.82) is 0 Å². The number of hydrogen-bond acceptors (Lipinski definition) is 5. The molecule has 1 N–H and O–H groups in total. The minimum atomic E-state index is -0.451. The monoisotopic (exact) mass is 282 g/mol. The highest BCUT2D eigenvalue weighted by molar-refractivity contribution is 5.48. The number of hydrogen-bond donors (Lipinski definition) is 1. The highest BCUT2D eigenvalue weighted by Crippen LogP contribution is 2.31. The Morgan fingerprint density at radius 3 is 2.55 bits per heavy atom. The van der Waals surface area contributed by atoms with Gasteiger partial charge in [0.2, 0.25) is 0 Å². The maximum absolute atomic E-state index is 10.7. The van der Waals surface area contributed by atoms with Crippen LogP contribution in [-0.2, 0) is 0 Å². The second-order valence-electron chi connectivity index (χ2n) is 5.47. The van der Waals surface area contributed by atoms with E-state index in [2.05, 4.69) is 26.1 Å². The molecule has 0 bridgehead atoms. The molecular weight excluding hydrogens is 260 g/mol. The number of ether oxygens (including phenoxy) is 2. The SMILES string of the molecule is COc1ccc([N+](=O)[O-])cc1OCCCNC(C)(C)C. The highest BCUT2D eigenvalue weighted by atomic mass is 16.6. The Bertz CT molecular complexity index is 455. The van der Waals surface area contributed by atoms with Crippen LogP contribution in [0.4, 0.5) is 5.69 Å². The lowest BCUT2D eigenvalue weighted by atomic mass is 10.1. The fourth-order valence-electron chi connectivity index (χ4n) is 1.61. The average molecular weight is 282 g/mol. The predicted molar refractivity (Wildman–Crippen MR) is 77.5 cm³/mol. The van der Waals surface area contributed by atoms with Gasteiger partial charge in [0.05, 0.1) is 24.7 Å². The summed E-state index contributed by atoms with van der Waals surface area (Å²) in [5.41, 5.74) is 0.0667. The summed E-state index contributed by atoms with van der Waals surface area (Å²) in [5.74, 6) is 0.900. The van der Waals surface area contributed by atoms with Crippen LogP contribution in [0.15, 0.2) is 18.2 Å². The molecule has 0 saturated heterocycles. The van der Waals surface area contributed by atoms with Gasteiger partial charge >= 0.3 is 0 Å². The predicted octanol–water partition coefficient (Wildman–Crippen LogP) is 2.76. The van der Waals surface area contributed by atoms with E-state index in [1.807, 2.05) is 0 Å². The zero-order valence-electron chi connectivity index (χ0n) is 12.4. The zero-order chi connectivity index (χ0) is 15.2. The van der Waals surface area contributed by atoms with Crippen LogP contribution in [0.2, 0.25) is 0 Å². The van der Waals surface area contributed by atoms with E-state index >= 15 is 0 Å². The summed E-state index contributed by atoms with van der Waals surface area (Å²) in [6.07, 6.45) is 0.809. The number of benzene rings is 1. The van der Waals surface area contributed by atoms with Crippen molar-refractivity contribution < 1.29 is 14.4 Å². The van der Waals surface area contributed by atoms with Crippen LogP contribution in [0.1, 0.15) is 27.2 Å². The van der Waals surface area contributed by atoms with Gasteiger partial charge in [0.25, 0.3) is 5.69 Å². The molecule has 0 radical (unpaired) electrons. The lowest BCUT2D eigenvalue weighted by molar-refractivity contribution is -0.385. The molecule has 0 saturated carbocycles. The third-order valence-corrected chi connectivity index (χ3v) is 2.59. The summed E-state index contributed by atoms with van der Waals surface area (Å²) < 4.78 is 10.7. The Hall–Kier alpha value is -1.82. The molecular formula is C14H22N2O4. The number of nitrogens with one attached hydrogen (secondary N) is 1. The molecule has 0 aromatic heterocycles. The molecule has 1 rings (SSSR count). The van der Waals surface area contributed by atoms with Crippen molar-refractivity contribution in [3.05, 3.63) is 28.3 Å². The molecule has 6 nitrogen and oxygen atoms in total. The van der Waals surface area contributed by atoms with Crippen LogP contribution < -0.4 is 14.8 Å². The van der Waals surface area contributed by atoms with E-state index in [1.54, 1.807) is 6.07 Å². The van der Waals surface area contributed by atoms with Crippen LogP contribution in [0, 0.1) is 10.1 Å². The first-order valence-corrected chi connectivity index (χ1v) is 6.54. The largest absolute Gasteiger partial charge is 0.493 e. The summed E-state index contributed by atoms with van der Waals surface area (Å²) in [5, 5.41) is 14.1. The third kappa shape index (κ3) is 5.44. The van der Waals surface area contributed by atoms with Crippen molar-refractivity contribution in [2.75, 3.05) is 20.3 Å². The third-order valence-electron chi connectivity index (χ3n) is 2.59. The number of nitro benzene ring substituents is 1. The van der Waals surface area contributed by atoms with Crippen LogP contribution in [0.25, 0.3) is 0 Å². The summed E-state index contributed by atoms with van der Waals surface area (Å²) in [7, 11) is 1.51. The van der Waals surface area contributed by atoms with E-state index in [9.17, 15) is 10.1 Å². The van der Waals surface area contributed by atoms with E-state index in [0.29, 0.717) is 18.1 Å². The van der Waals surface area contributed by atoms with Crippen molar-refractivity contribution in [2.45, 2.75) is 32.7 Å². The van der Waals surface area contributed by atoms with Crippen molar-refractivity contribution >= 4 is 5.69 Å². The molecule has 0 aliphatic rings. The van der Waals surface area contributed by atoms with Crippen LogP contribution >= 0.6 is 0 Å².